The Hall–Kier alpha value is -1.58. The lowest BCUT2D eigenvalue weighted by Crippen LogP contribution is -2.54. The molecule has 6 nitrogen and oxygen atoms in total. The van der Waals surface area contributed by atoms with Crippen molar-refractivity contribution in [2.75, 3.05) is 18.0 Å². The highest BCUT2D eigenvalue weighted by atomic mass is 79.9. The van der Waals surface area contributed by atoms with Gasteiger partial charge in [-0.25, -0.2) is 23.3 Å². The second-order valence-corrected chi connectivity index (χ2v) is 11.3. The quantitative estimate of drug-likeness (QED) is 0.718. The average Bonchev–Trinajstić information content (AvgIpc) is 2.97. The molecule has 1 fully saturated rings. The molecule has 9 heteroatoms. The maximum Gasteiger partial charge on any atom is 0.165 e. The van der Waals surface area contributed by atoms with Crippen molar-refractivity contribution in [3.63, 3.8) is 0 Å². The Morgan fingerprint density at radius 3 is 2.62 bits per heavy atom. The number of halogens is 2. The molecule has 3 heterocycles. The SMILES string of the molecule is CC(C)(C)[S@@](=O)N[C@@H]1c2cccc(F)c2OC12CCN(c1cnc(Br)cn1)CC2. The second-order valence-electron chi connectivity index (χ2n) is 8.44. The van der Waals surface area contributed by atoms with Crippen LogP contribution in [0, 0.1) is 5.82 Å². The minimum absolute atomic E-state index is 0.271. The van der Waals surface area contributed by atoms with E-state index in [1.54, 1.807) is 18.5 Å². The van der Waals surface area contributed by atoms with Crippen molar-refractivity contribution in [2.24, 2.45) is 0 Å². The number of anilines is 1. The van der Waals surface area contributed by atoms with Gasteiger partial charge in [-0.15, -0.1) is 0 Å². The van der Waals surface area contributed by atoms with Crippen molar-refractivity contribution < 1.29 is 13.3 Å². The normalized spacial score (nSPS) is 21.7. The van der Waals surface area contributed by atoms with Gasteiger partial charge in [-0.05, 0) is 42.8 Å². The van der Waals surface area contributed by atoms with Crippen LogP contribution in [0.4, 0.5) is 10.2 Å². The Kier molecular flexibility index (Phi) is 5.41. The van der Waals surface area contributed by atoms with E-state index in [0.29, 0.717) is 30.5 Å². The van der Waals surface area contributed by atoms with E-state index in [4.69, 9.17) is 4.74 Å². The van der Waals surface area contributed by atoms with Crippen LogP contribution in [-0.2, 0) is 11.0 Å². The molecule has 2 aliphatic heterocycles. The third kappa shape index (κ3) is 3.92. The molecule has 2 aromatic rings. The highest BCUT2D eigenvalue weighted by Crippen LogP contribution is 2.50. The summed E-state index contributed by atoms with van der Waals surface area (Å²) in [6, 6.07) is 4.60. The van der Waals surface area contributed by atoms with Crippen molar-refractivity contribution in [2.45, 2.75) is 50.0 Å². The average molecular weight is 483 g/mol. The summed E-state index contributed by atoms with van der Waals surface area (Å²) in [6.07, 6.45) is 4.71. The van der Waals surface area contributed by atoms with Gasteiger partial charge in [0, 0.05) is 31.5 Å². The number of hydrogen-bond acceptors (Lipinski definition) is 5. The number of nitrogens with zero attached hydrogens (tertiary/aromatic N) is 3. The van der Waals surface area contributed by atoms with Crippen LogP contribution in [0.1, 0.15) is 45.2 Å². The summed E-state index contributed by atoms with van der Waals surface area (Å²) in [7, 11) is -1.31. The van der Waals surface area contributed by atoms with E-state index in [2.05, 4.69) is 35.5 Å². The largest absolute Gasteiger partial charge is 0.482 e. The minimum atomic E-state index is -1.31. The summed E-state index contributed by atoms with van der Waals surface area (Å²) in [5.41, 5.74) is 0.0875. The van der Waals surface area contributed by atoms with Crippen LogP contribution in [0.25, 0.3) is 0 Å². The van der Waals surface area contributed by atoms with Gasteiger partial charge in [0.1, 0.15) is 16.0 Å². The first kappa shape index (κ1) is 20.7. The van der Waals surface area contributed by atoms with Crippen LogP contribution in [0.5, 0.6) is 5.75 Å². The topological polar surface area (TPSA) is 67.3 Å². The molecule has 0 amide bonds. The Balaban J connectivity index is 1.61. The fraction of sp³-hybridized carbons (Fsp3) is 0.500. The van der Waals surface area contributed by atoms with Crippen molar-refractivity contribution in [3.8, 4) is 5.75 Å². The number of ether oxygens (including phenoxy) is 1. The van der Waals surface area contributed by atoms with Crippen LogP contribution in [0.2, 0.25) is 0 Å². The van der Waals surface area contributed by atoms with Gasteiger partial charge in [0.05, 0.1) is 34.2 Å². The molecule has 2 aliphatic rings. The van der Waals surface area contributed by atoms with E-state index >= 15 is 0 Å². The molecule has 1 spiro atoms. The first-order valence-corrected chi connectivity index (χ1v) is 11.5. The molecule has 29 heavy (non-hydrogen) atoms. The lowest BCUT2D eigenvalue weighted by Gasteiger charge is -2.42. The number of rotatable bonds is 3. The number of hydrogen-bond donors (Lipinski definition) is 1. The first-order valence-electron chi connectivity index (χ1n) is 9.58. The van der Waals surface area contributed by atoms with E-state index in [1.807, 2.05) is 26.8 Å². The molecule has 4 rings (SSSR count). The van der Waals surface area contributed by atoms with Crippen molar-refractivity contribution in [3.05, 3.63) is 46.6 Å². The maximum atomic E-state index is 14.5. The molecule has 1 aromatic heterocycles. The standard InChI is InChI=1S/C20H24BrFN4O2S/c1-19(2,3)29(27)25-18-13-5-4-6-14(22)17(13)28-20(18)7-9-26(10-8-20)16-12-23-15(21)11-24-16/h4-6,11-12,18,25H,7-10H2,1-3H3/t18-,29-/m1/s1. The predicted molar refractivity (Wildman–Crippen MR) is 115 cm³/mol. The summed E-state index contributed by atoms with van der Waals surface area (Å²) in [5.74, 6) is 0.689. The predicted octanol–water partition coefficient (Wildman–Crippen LogP) is 3.90. The molecule has 1 saturated heterocycles. The second kappa shape index (κ2) is 7.59. The van der Waals surface area contributed by atoms with Gasteiger partial charge >= 0.3 is 0 Å². The van der Waals surface area contributed by atoms with Crippen molar-refractivity contribution >= 4 is 32.7 Å². The summed E-state index contributed by atoms with van der Waals surface area (Å²) < 4.78 is 37.1. The number of nitrogens with one attached hydrogen (secondary N) is 1. The smallest absolute Gasteiger partial charge is 0.165 e. The van der Waals surface area contributed by atoms with Gasteiger partial charge in [0.25, 0.3) is 0 Å². The van der Waals surface area contributed by atoms with Crippen molar-refractivity contribution in [1.82, 2.24) is 14.7 Å². The Labute approximate surface area is 181 Å². The molecule has 1 aromatic carbocycles. The fourth-order valence-corrected chi connectivity index (χ4v) is 4.95. The number of piperidine rings is 1. The highest BCUT2D eigenvalue weighted by molar-refractivity contribution is 9.10. The third-order valence-corrected chi connectivity index (χ3v) is 7.43. The monoisotopic (exact) mass is 482 g/mol. The molecule has 0 saturated carbocycles. The maximum absolute atomic E-state index is 14.5. The van der Waals surface area contributed by atoms with Gasteiger partial charge in [-0.3, -0.25) is 0 Å². The number of para-hydroxylation sites is 1. The fourth-order valence-electron chi connectivity index (χ4n) is 3.83. The Bertz CT molecular complexity index is 927. The molecular weight excluding hydrogens is 459 g/mol. The Morgan fingerprint density at radius 2 is 2.00 bits per heavy atom. The number of aromatic nitrogens is 2. The summed E-state index contributed by atoms with van der Waals surface area (Å²) in [4.78, 5) is 10.8. The third-order valence-electron chi connectivity index (χ3n) is 5.46. The number of benzene rings is 1. The van der Waals surface area contributed by atoms with E-state index in [1.165, 1.54) is 6.07 Å². The Morgan fingerprint density at radius 1 is 1.28 bits per heavy atom. The zero-order chi connectivity index (χ0) is 20.8. The summed E-state index contributed by atoms with van der Waals surface area (Å²) in [6.45, 7) is 7.12. The molecule has 0 bridgehead atoms. The molecular formula is C20H24BrFN4O2S. The molecule has 156 valence electrons. The van der Waals surface area contributed by atoms with Gasteiger partial charge in [-0.1, -0.05) is 12.1 Å². The van der Waals surface area contributed by atoms with Gasteiger partial charge < -0.3 is 9.64 Å². The number of fused-ring (bicyclic) bond motifs is 1. The minimum Gasteiger partial charge on any atom is -0.482 e. The van der Waals surface area contributed by atoms with E-state index in [-0.39, 0.29) is 17.6 Å². The van der Waals surface area contributed by atoms with Crippen LogP contribution in [0.15, 0.2) is 35.2 Å². The summed E-state index contributed by atoms with van der Waals surface area (Å²) in [5, 5.41) is 0. The summed E-state index contributed by atoms with van der Waals surface area (Å²) >= 11 is 3.30. The molecule has 0 unspecified atom stereocenters. The van der Waals surface area contributed by atoms with Crippen LogP contribution < -0.4 is 14.4 Å². The molecule has 1 N–H and O–H groups in total. The van der Waals surface area contributed by atoms with Crippen molar-refractivity contribution in [1.29, 1.82) is 0 Å². The van der Waals surface area contributed by atoms with E-state index < -0.39 is 21.3 Å². The molecule has 0 radical (unpaired) electrons. The van der Waals surface area contributed by atoms with Crippen LogP contribution >= 0.6 is 15.9 Å². The van der Waals surface area contributed by atoms with Gasteiger partial charge in [0.15, 0.2) is 11.6 Å². The highest BCUT2D eigenvalue weighted by Gasteiger charge is 2.52. The molecule has 2 atom stereocenters. The lowest BCUT2D eigenvalue weighted by atomic mass is 9.83. The zero-order valence-electron chi connectivity index (χ0n) is 16.6. The van der Waals surface area contributed by atoms with Crippen LogP contribution in [-0.4, -0.2) is 37.6 Å². The first-order chi connectivity index (χ1) is 13.7. The van der Waals surface area contributed by atoms with E-state index in [9.17, 15) is 8.60 Å². The van der Waals surface area contributed by atoms with E-state index in [0.717, 1.165) is 11.4 Å². The van der Waals surface area contributed by atoms with Gasteiger partial charge in [-0.2, -0.15) is 0 Å². The lowest BCUT2D eigenvalue weighted by molar-refractivity contribution is 0.0356. The van der Waals surface area contributed by atoms with Gasteiger partial charge in [0.2, 0.25) is 0 Å². The zero-order valence-corrected chi connectivity index (χ0v) is 19.0. The molecule has 0 aliphatic carbocycles. The van der Waals surface area contributed by atoms with Crippen LogP contribution in [0.3, 0.4) is 0 Å².